The average molecular weight is 227 g/mol. The van der Waals surface area contributed by atoms with Crippen molar-refractivity contribution in [3.05, 3.63) is 0 Å². The van der Waals surface area contributed by atoms with Crippen LogP contribution < -0.4 is 16.4 Å². The van der Waals surface area contributed by atoms with Gasteiger partial charge in [0.1, 0.15) is 0 Å². The van der Waals surface area contributed by atoms with Gasteiger partial charge in [0.15, 0.2) is 0 Å². The van der Waals surface area contributed by atoms with E-state index in [2.05, 4.69) is 10.6 Å². The molecule has 0 bridgehead atoms. The fraction of sp³-hybridized carbons (Fsp3) is 0.818. The lowest BCUT2D eigenvalue weighted by molar-refractivity contribution is -0.118. The van der Waals surface area contributed by atoms with Gasteiger partial charge in [-0.05, 0) is 25.7 Å². The van der Waals surface area contributed by atoms with Crippen LogP contribution in [0.1, 0.15) is 44.9 Å². The maximum absolute atomic E-state index is 11.4. The maximum atomic E-state index is 11.4. The molecular weight excluding hydrogens is 206 g/mol. The van der Waals surface area contributed by atoms with Crippen LogP contribution in [0.2, 0.25) is 0 Å². The molecular formula is C11H21N3O2. The molecule has 16 heavy (non-hydrogen) atoms. The summed E-state index contributed by atoms with van der Waals surface area (Å²) < 4.78 is 0. The molecule has 5 heteroatoms. The molecule has 0 atom stereocenters. The van der Waals surface area contributed by atoms with Crippen LogP contribution in [0, 0.1) is 0 Å². The molecule has 5 nitrogen and oxygen atoms in total. The number of primary amides is 1. The van der Waals surface area contributed by atoms with Crippen molar-refractivity contribution in [2.75, 3.05) is 6.54 Å². The van der Waals surface area contributed by atoms with E-state index in [9.17, 15) is 9.59 Å². The number of carbonyl (C=O) groups excluding carboxylic acids is 2. The lowest BCUT2D eigenvalue weighted by Crippen LogP contribution is -2.41. The lowest BCUT2D eigenvalue weighted by atomic mass is 10.2. The lowest BCUT2D eigenvalue weighted by Gasteiger charge is -2.12. The van der Waals surface area contributed by atoms with Crippen molar-refractivity contribution in [1.82, 2.24) is 10.6 Å². The number of amides is 3. The summed E-state index contributed by atoms with van der Waals surface area (Å²) >= 11 is 0. The van der Waals surface area contributed by atoms with Crippen molar-refractivity contribution in [2.24, 2.45) is 5.73 Å². The van der Waals surface area contributed by atoms with Gasteiger partial charge in [-0.3, -0.25) is 4.79 Å². The molecule has 0 aromatic rings. The Bertz CT molecular complexity index is 237. The third-order valence-electron chi connectivity index (χ3n) is 2.83. The number of unbranched alkanes of at least 4 members (excludes halogenated alkanes) is 1. The number of hydrogen-bond acceptors (Lipinski definition) is 2. The Morgan fingerprint density at radius 3 is 2.50 bits per heavy atom. The normalized spacial score (nSPS) is 16.0. The molecule has 0 aromatic heterocycles. The minimum atomic E-state index is -0.282. The quantitative estimate of drug-likeness (QED) is 0.589. The van der Waals surface area contributed by atoms with Crippen LogP contribution in [0.4, 0.5) is 4.79 Å². The van der Waals surface area contributed by atoms with Gasteiger partial charge < -0.3 is 16.4 Å². The third kappa shape index (κ3) is 5.58. The zero-order chi connectivity index (χ0) is 11.8. The van der Waals surface area contributed by atoms with Gasteiger partial charge in [-0.15, -0.1) is 0 Å². The molecule has 92 valence electrons. The van der Waals surface area contributed by atoms with Crippen LogP contribution in [0.15, 0.2) is 0 Å². The Labute approximate surface area is 96.1 Å². The van der Waals surface area contributed by atoms with Crippen LogP contribution in [-0.4, -0.2) is 24.5 Å². The second-order valence-electron chi connectivity index (χ2n) is 4.31. The predicted molar refractivity (Wildman–Crippen MR) is 61.8 cm³/mol. The van der Waals surface area contributed by atoms with E-state index >= 15 is 0 Å². The zero-order valence-electron chi connectivity index (χ0n) is 9.63. The number of nitrogens with one attached hydrogen (secondary N) is 2. The molecule has 0 radical (unpaired) electrons. The highest BCUT2D eigenvalue weighted by molar-refractivity contribution is 5.74. The molecule has 0 saturated heterocycles. The standard InChI is InChI=1S/C11H21N3O2/c12-10(15)7-3-4-8-13-11(16)14-9-5-1-2-6-9/h9H,1-8H2,(H2,12,15)(H2,13,14,16). The number of carbonyl (C=O) groups is 2. The first-order valence-corrected chi connectivity index (χ1v) is 6.01. The highest BCUT2D eigenvalue weighted by Crippen LogP contribution is 2.17. The monoisotopic (exact) mass is 227 g/mol. The van der Waals surface area contributed by atoms with E-state index in [1.807, 2.05) is 0 Å². The first-order valence-electron chi connectivity index (χ1n) is 6.01. The van der Waals surface area contributed by atoms with E-state index in [-0.39, 0.29) is 11.9 Å². The van der Waals surface area contributed by atoms with Crippen LogP contribution in [0.5, 0.6) is 0 Å². The summed E-state index contributed by atoms with van der Waals surface area (Å²) in [6, 6.07) is 0.261. The molecule has 1 aliphatic carbocycles. The van der Waals surface area contributed by atoms with E-state index in [1.165, 1.54) is 12.8 Å². The van der Waals surface area contributed by atoms with Gasteiger partial charge in [-0.25, -0.2) is 4.79 Å². The largest absolute Gasteiger partial charge is 0.370 e. The highest BCUT2D eigenvalue weighted by atomic mass is 16.2. The van der Waals surface area contributed by atoms with Gasteiger partial charge in [-0.1, -0.05) is 12.8 Å². The van der Waals surface area contributed by atoms with E-state index in [0.29, 0.717) is 19.0 Å². The Kier molecular flexibility index (Phi) is 5.67. The average Bonchev–Trinajstić information content (AvgIpc) is 2.69. The highest BCUT2D eigenvalue weighted by Gasteiger charge is 2.16. The van der Waals surface area contributed by atoms with Crippen LogP contribution in [0.3, 0.4) is 0 Å². The molecule has 1 fully saturated rings. The molecule has 4 N–H and O–H groups in total. The van der Waals surface area contributed by atoms with Crippen LogP contribution >= 0.6 is 0 Å². The summed E-state index contributed by atoms with van der Waals surface area (Å²) in [7, 11) is 0. The molecule has 1 rings (SSSR count). The Hall–Kier alpha value is -1.26. The van der Waals surface area contributed by atoms with Gasteiger partial charge >= 0.3 is 6.03 Å². The SMILES string of the molecule is NC(=O)CCCCNC(=O)NC1CCCC1. The van der Waals surface area contributed by atoms with Gasteiger partial charge in [0, 0.05) is 19.0 Å². The summed E-state index contributed by atoms with van der Waals surface area (Å²) in [4.78, 5) is 21.8. The Balaban J connectivity index is 1.95. The van der Waals surface area contributed by atoms with E-state index in [0.717, 1.165) is 25.7 Å². The molecule has 0 spiro atoms. The van der Waals surface area contributed by atoms with E-state index < -0.39 is 0 Å². The van der Waals surface area contributed by atoms with Gasteiger partial charge in [0.05, 0.1) is 0 Å². The molecule has 3 amide bonds. The number of nitrogens with two attached hydrogens (primary N) is 1. The molecule has 1 saturated carbocycles. The second-order valence-corrected chi connectivity index (χ2v) is 4.31. The summed E-state index contributed by atoms with van der Waals surface area (Å²) in [5, 5.41) is 5.72. The number of rotatable bonds is 6. The number of urea groups is 1. The Morgan fingerprint density at radius 2 is 1.88 bits per heavy atom. The fourth-order valence-electron chi connectivity index (χ4n) is 1.93. The number of hydrogen-bond donors (Lipinski definition) is 3. The van der Waals surface area contributed by atoms with Gasteiger partial charge in [0.25, 0.3) is 0 Å². The molecule has 0 unspecified atom stereocenters. The zero-order valence-corrected chi connectivity index (χ0v) is 9.63. The predicted octanol–water partition coefficient (Wildman–Crippen LogP) is 0.884. The van der Waals surface area contributed by atoms with Crippen molar-refractivity contribution in [3.63, 3.8) is 0 Å². The summed E-state index contributed by atoms with van der Waals surface area (Å²) in [6.07, 6.45) is 6.53. The summed E-state index contributed by atoms with van der Waals surface area (Å²) in [6.45, 7) is 0.603. The minimum Gasteiger partial charge on any atom is -0.370 e. The second kappa shape index (κ2) is 7.09. The van der Waals surface area contributed by atoms with Gasteiger partial charge in [-0.2, -0.15) is 0 Å². The maximum Gasteiger partial charge on any atom is 0.315 e. The van der Waals surface area contributed by atoms with Crippen LogP contribution in [-0.2, 0) is 4.79 Å². The van der Waals surface area contributed by atoms with E-state index in [4.69, 9.17) is 5.73 Å². The molecule has 1 aliphatic rings. The third-order valence-corrected chi connectivity index (χ3v) is 2.83. The van der Waals surface area contributed by atoms with Crippen molar-refractivity contribution in [2.45, 2.75) is 51.0 Å². The minimum absolute atomic E-state index is 0.0917. The molecule has 0 heterocycles. The first-order chi connectivity index (χ1) is 7.68. The van der Waals surface area contributed by atoms with Crippen molar-refractivity contribution in [3.8, 4) is 0 Å². The molecule has 0 aliphatic heterocycles. The molecule has 0 aromatic carbocycles. The Morgan fingerprint density at radius 1 is 1.19 bits per heavy atom. The topological polar surface area (TPSA) is 84.2 Å². The van der Waals surface area contributed by atoms with Crippen molar-refractivity contribution in [1.29, 1.82) is 0 Å². The summed E-state index contributed by atoms with van der Waals surface area (Å²) in [5.74, 6) is -0.282. The fourth-order valence-corrected chi connectivity index (χ4v) is 1.93. The smallest absolute Gasteiger partial charge is 0.315 e. The van der Waals surface area contributed by atoms with Crippen LogP contribution in [0.25, 0.3) is 0 Å². The van der Waals surface area contributed by atoms with Gasteiger partial charge in [0.2, 0.25) is 5.91 Å². The van der Waals surface area contributed by atoms with Crippen molar-refractivity contribution < 1.29 is 9.59 Å². The summed E-state index contributed by atoms with van der Waals surface area (Å²) in [5.41, 5.74) is 5.00. The van der Waals surface area contributed by atoms with E-state index in [1.54, 1.807) is 0 Å². The van der Waals surface area contributed by atoms with Crippen molar-refractivity contribution >= 4 is 11.9 Å². The first kappa shape index (κ1) is 12.8.